The van der Waals surface area contributed by atoms with Gasteiger partial charge in [-0.15, -0.1) is 0 Å². The molecule has 0 atom stereocenters. The molecule has 0 unspecified atom stereocenters. The monoisotopic (exact) mass is 380 g/mol. The van der Waals surface area contributed by atoms with E-state index in [4.69, 9.17) is 17.3 Å². The molecule has 0 saturated carbocycles. The van der Waals surface area contributed by atoms with Crippen molar-refractivity contribution in [1.29, 1.82) is 0 Å². The van der Waals surface area contributed by atoms with Crippen molar-refractivity contribution in [3.05, 3.63) is 32.4 Å². The second-order valence-electron chi connectivity index (χ2n) is 4.38. The predicted molar refractivity (Wildman–Crippen MR) is 84.0 cm³/mol. The summed E-state index contributed by atoms with van der Waals surface area (Å²) in [6.45, 7) is 4.50. The number of nitrogens with two attached hydrogens (primary N) is 1. The van der Waals surface area contributed by atoms with Crippen molar-refractivity contribution in [3.8, 4) is 0 Å². The van der Waals surface area contributed by atoms with Crippen molar-refractivity contribution in [3.63, 3.8) is 0 Å². The number of benzene rings is 1. The first-order valence-corrected chi connectivity index (χ1v) is 7.39. The lowest BCUT2D eigenvalue weighted by molar-refractivity contribution is 0.0942. The van der Waals surface area contributed by atoms with E-state index in [1.165, 1.54) is 0 Å². The van der Waals surface area contributed by atoms with E-state index in [-0.39, 0.29) is 11.4 Å². The van der Waals surface area contributed by atoms with Crippen LogP contribution < -0.4 is 11.1 Å². The number of hydrogen-bond donors (Lipinski definition) is 2. The average Bonchev–Trinajstić information content (AvgIpc) is 2.35. The van der Waals surface area contributed by atoms with Crippen molar-refractivity contribution in [2.75, 3.05) is 6.54 Å². The van der Waals surface area contributed by atoms with Gasteiger partial charge in [-0.05, 0) is 53.6 Å². The van der Waals surface area contributed by atoms with E-state index < -0.39 is 0 Å². The largest absolute Gasteiger partial charge is 0.350 e. The van der Waals surface area contributed by atoms with Crippen molar-refractivity contribution in [1.82, 2.24) is 5.32 Å². The zero-order chi connectivity index (χ0) is 13.8. The van der Waals surface area contributed by atoms with Crippen LogP contribution in [0.15, 0.2) is 18.2 Å². The summed E-state index contributed by atoms with van der Waals surface area (Å²) in [5.41, 5.74) is 6.29. The Kier molecular flexibility index (Phi) is 5.88. The summed E-state index contributed by atoms with van der Waals surface area (Å²) in [7, 11) is 0. The Morgan fingerprint density at radius 1 is 1.44 bits per heavy atom. The molecule has 0 spiro atoms. The third-order valence-electron chi connectivity index (χ3n) is 3.19. The van der Waals surface area contributed by atoms with Crippen LogP contribution >= 0.6 is 34.2 Å². The number of nitrogens with one attached hydrogen (secondary N) is 1. The zero-order valence-electron chi connectivity index (χ0n) is 10.6. The van der Waals surface area contributed by atoms with Gasteiger partial charge in [0.05, 0.1) is 10.6 Å². The molecule has 1 rings (SSSR count). The summed E-state index contributed by atoms with van der Waals surface area (Å²) in [6, 6.07) is 5.36. The number of amides is 1. The van der Waals surface area contributed by atoms with E-state index in [1.807, 2.05) is 19.9 Å². The molecule has 100 valence electrons. The minimum atomic E-state index is -0.342. The second kappa shape index (κ2) is 6.73. The first kappa shape index (κ1) is 15.7. The topological polar surface area (TPSA) is 55.1 Å². The molecule has 3 nitrogen and oxygen atoms in total. The van der Waals surface area contributed by atoms with E-state index in [1.54, 1.807) is 12.1 Å². The molecule has 0 saturated heterocycles. The quantitative estimate of drug-likeness (QED) is 0.771. The third kappa shape index (κ3) is 4.10. The summed E-state index contributed by atoms with van der Waals surface area (Å²) in [4.78, 5) is 12.0. The average molecular weight is 381 g/mol. The van der Waals surface area contributed by atoms with Crippen LogP contribution in [0.1, 0.15) is 37.0 Å². The molecule has 3 N–H and O–H groups in total. The van der Waals surface area contributed by atoms with E-state index in [2.05, 4.69) is 27.9 Å². The molecular formula is C13H18ClIN2O. The molecule has 0 radical (unpaired) electrons. The van der Waals surface area contributed by atoms with Gasteiger partial charge in [-0.1, -0.05) is 25.4 Å². The standard InChI is InChI=1S/C13H18ClIN2O/c1-3-13(16,4-2)8-17-12(18)10-6-5-9(15)7-11(10)14/h5-7H,3-4,8,16H2,1-2H3,(H,17,18). The fourth-order valence-corrected chi connectivity index (χ4v) is 2.47. The van der Waals surface area contributed by atoms with Crippen LogP contribution in [0.25, 0.3) is 0 Å². The van der Waals surface area contributed by atoms with Crippen LogP contribution in [0.4, 0.5) is 0 Å². The summed E-state index contributed by atoms with van der Waals surface area (Å²) >= 11 is 8.20. The number of halogens is 2. The van der Waals surface area contributed by atoms with Crippen LogP contribution in [-0.2, 0) is 0 Å². The normalized spacial score (nSPS) is 11.4. The predicted octanol–water partition coefficient (Wildman–Crippen LogP) is 3.19. The molecule has 0 aromatic heterocycles. The minimum absolute atomic E-state index is 0.173. The summed E-state index contributed by atoms with van der Waals surface area (Å²) in [5.74, 6) is -0.173. The van der Waals surface area contributed by atoms with Gasteiger partial charge in [0.25, 0.3) is 5.91 Å². The van der Waals surface area contributed by atoms with Crippen LogP contribution in [0.3, 0.4) is 0 Å². The molecule has 0 fully saturated rings. The van der Waals surface area contributed by atoms with E-state index in [9.17, 15) is 4.79 Å². The Balaban J connectivity index is 2.71. The van der Waals surface area contributed by atoms with Gasteiger partial charge in [0.2, 0.25) is 0 Å². The lowest BCUT2D eigenvalue weighted by Gasteiger charge is -2.26. The molecule has 1 aromatic rings. The minimum Gasteiger partial charge on any atom is -0.350 e. The first-order chi connectivity index (χ1) is 8.41. The molecule has 0 heterocycles. The molecule has 0 aliphatic rings. The summed E-state index contributed by atoms with van der Waals surface area (Å²) in [5, 5.41) is 3.32. The third-order valence-corrected chi connectivity index (χ3v) is 4.17. The number of carbonyl (C=O) groups is 1. The van der Waals surface area contributed by atoms with Crippen molar-refractivity contribution in [2.24, 2.45) is 5.73 Å². The maximum atomic E-state index is 12.0. The van der Waals surface area contributed by atoms with Gasteiger partial charge in [-0.2, -0.15) is 0 Å². The Hall–Kier alpha value is -0.330. The SMILES string of the molecule is CCC(N)(CC)CNC(=O)c1ccc(I)cc1Cl. The van der Waals surface area contributed by atoms with Crippen LogP contribution in [0, 0.1) is 3.57 Å². The molecule has 1 amide bonds. The van der Waals surface area contributed by atoms with E-state index in [0.29, 0.717) is 17.1 Å². The Morgan fingerprint density at radius 2 is 2.06 bits per heavy atom. The molecule has 1 aromatic carbocycles. The van der Waals surface area contributed by atoms with E-state index >= 15 is 0 Å². The summed E-state index contributed by atoms with van der Waals surface area (Å²) < 4.78 is 1.00. The van der Waals surface area contributed by atoms with Crippen LogP contribution in [0.2, 0.25) is 5.02 Å². The van der Waals surface area contributed by atoms with Gasteiger partial charge in [-0.25, -0.2) is 0 Å². The molecular weight excluding hydrogens is 363 g/mol. The van der Waals surface area contributed by atoms with Crippen LogP contribution in [-0.4, -0.2) is 18.0 Å². The highest BCUT2D eigenvalue weighted by Gasteiger charge is 2.21. The molecule has 0 aliphatic carbocycles. The molecule has 0 bridgehead atoms. The van der Waals surface area contributed by atoms with Crippen LogP contribution in [0.5, 0.6) is 0 Å². The van der Waals surface area contributed by atoms with Gasteiger partial charge < -0.3 is 11.1 Å². The highest BCUT2D eigenvalue weighted by molar-refractivity contribution is 14.1. The Morgan fingerprint density at radius 3 is 2.56 bits per heavy atom. The van der Waals surface area contributed by atoms with Crippen molar-refractivity contribution >= 4 is 40.1 Å². The Labute approximate surface area is 127 Å². The molecule has 0 aliphatic heterocycles. The fraction of sp³-hybridized carbons (Fsp3) is 0.462. The van der Waals surface area contributed by atoms with Crippen molar-refractivity contribution < 1.29 is 4.79 Å². The maximum absolute atomic E-state index is 12.0. The lowest BCUT2D eigenvalue weighted by atomic mass is 9.94. The number of hydrogen-bond acceptors (Lipinski definition) is 2. The summed E-state index contributed by atoms with van der Waals surface area (Å²) in [6.07, 6.45) is 1.65. The number of rotatable bonds is 5. The highest BCUT2D eigenvalue weighted by atomic mass is 127. The van der Waals surface area contributed by atoms with Gasteiger partial charge in [0.15, 0.2) is 0 Å². The van der Waals surface area contributed by atoms with Gasteiger partial charge >= 0.3 is 0 Å². The lowest BCUT2D eigenvalue weighted by Crippen LogP contribution is -2.49. The maximum Gasteiger partial charge on any atom is 0.252 e. The van der Waals surface area contributed by atoms with E-state index in [0.717, 1.165) is 16.4 Å². The number of carbonyl (C=O) groups excluding carboxylic acids is 1. The van der Waals surface area contributed by atoms with Gasteiger partial charge in [0, 0.05) is 15.7 Å². The van der Waals surface area contributed by atoms with Crippen molar-refractivity contribution in [2.45, 2.75) is 32.2 Å². The van der Waals surface area contributed by atoms with Gasteiger partial charge in [-0.3, -0.25) is 4.79 Å². The highest BCUT2D eigenvalue weighted by Crippen LogP contribution is 2.19. The van der Waals surface area contributed by atoms with Gasteiger partial charge in [0.1, 0.15) is 0 Å². The molecule has 5 heteroatoms. The smallest absolute Gasteiger partial charge is 0.252 e. The second-order valence-corrected chi connectivity index (χ2v) is 6.03. The zero-order valence-corrected chi connectivity index (χ0v) is 13.5. The first-order valence-electron chi connectivity index (χ1n) is 5.94. The Bertz CT molecular complexity index is 433. The fourth-order valence-electron chi connectivity index (χ4n) is 1.53. The molecule has 18 heavy (non-hydrogen) atoms.